The zero-order chi connectivity index (χ0) is 28.1. The van der Waals surface area contributed by atoms with Gasteiger partial charge in [-0.1, -0.05) is 18.2 Å². The highest BCUT2D eigenvalue weighted by Gasteiger charge is 2.51. The molecule has 39 heavy (non-hydrogen) atoms. The van der Waals surface area contributed by atoms with Crippen molar-refractivity contribution in [2.45, 2.75) is 50.2 Å². The number of nitrogens with one attached hydrogen (secondary N) is 1. The molecule has 2 aromatic rings. The molecule has 2 amide bonds. The van der Waals surface area contributed by atoms with Crippen molar-refractivity contribution >= 4 is 11.8 Å². The first-order valence-electron chi connectivity index (χ1n) is 12.7. The van der Waals surface area contributed by atoms with Crippen LogP contribution in [0.2, 0.25) is 0 Å². The van der Waals surface area contributed by atoms with E-state index < -0.39 is 35.9 Å². The van der Waals surface area contributed by atoms with Gasteiger partial charge in [0.05, 0.1) is 32.3 Å². The van der Waals surface area contributed by atoms with Gasteiger partial charge in [-0.2, -0.15) is 0 Å². The van der Waals surface area contributed by atoms with E-state index in [0.717, 1.165) is 0 Å². The van der Waals surface area contributed by atoms with Crippen molar-refractivity contribution in [3.8, 4) is 11.5 Å². The Morgan fingerprint density at radius 3 is 2.59 bits per heavy atom. The van der Waals surface area contributed by atoms with Gasteiger partial charge in [-0.15, -0.1) is 6.58 Å². The van der Waals surface area contributed by atoms with Crippen molar-refractivity contribution < 1.29 is 38.8 Å². The number of halogens is 1. The second-order valence-corrected chi connectivity index (χ2v) is 9.49. The van der Waals surface area contributed by atoms with E-state index in [-0.39, 0.29) is 44.2 Å². The van der Waals surface area contributed by atoms with Crippen molar-refractivity contribution in [1.82, 2.24) is 10.2 Å². The zero-order valence-corrected chi connectivity index (χ0v) is 21.7. The van der Waals surface area contributed by atoms with E-state index >= 15 is 0 Å². The molecule has 1 aliphatic carbocycles. The predicted molar refractivity (Wildman–Crippen MR) is 140 cm³/mol. The van der Waals surface area contributed by atoms with Crippen molar-refractivity contribution in [2.75, 3.05) is 20.3 Å². The summed E-state index contributed by atoms with van der Waals surface area (Å²) in [5.41, 5.74) is 2.00. The van der Waals surface area contributed by atoms with E-state index in [1.807, 2.05) is 0 Å². The second kappa shape index (κ2) is 12.4. The highest BCUT2D eigenvalue weighted by Crippen LogP contribution is 2.51. The van der Waals surface area contributed by atoms with E-state index in [1.165, 1.54) is 24.1 Å². The minimum Gasteiger partial charge on any atom is -0.493 e. The summed E-state index contributed by atoms with van der Waals surface area (Å²) in [6, 6.07) is 8.07. The van der Waals surface area contributed by atoms with Crippen LogP contribution in [0, 0.1) is 5.82 Å². The van der Waals surface area contributed by atoms with E-state index in [0.29, 0.717) is 34.6 Å². The summed E-state index contributed by atoms with van der Waals surface area (Å²) in [4.78, 5) is 28.2. The Morgan fingerprint density at radius 1 is 1.21 bits per heavy atom. The highest BCUT2D eigenvalue weighted by molar-refractivity contribution is 5.96. The van der Waals surface area contributed by atoms with E-state index in [1.54, 1.807) is 36.4 Å². The number of fused-ring (bicyclic) bond motifs is 3. The average molecular weight is 541 g/mol. The lowest BCUT2D eigenvalue weighted by Gasteiger charge is -2.40. The highest BCUT2D eigenvalue weighted by atomic mass is 19.1. The molecule has 0 radical (unpaired) electrons. The molecule has 208 valence electrons. The summed E-state index contributed by atoms with van der Waals surface area (Å²) in [5, 5.41) is 33.4. The summed E-state index contributed by atoms with van der Waals surface area (Å²) < 4.78 is 25.2. The third-order valence-corrected chi connectivity index (χ3v) is 7.00. The maximum Gasteiger partial charge on any atom is 0.247 e. The Kier molecular flexibility index (Phi) is 9.01. The summed E-state index contributed by atoms with van der Waals surface area (Å²) in [6.45, 7) is 3.20. The van der Waals surface area contributed by atoms with Crippen LogP contribution < -0.4 is 14.8 Å². The van der Waals surface area contributed by atoms with Crippen molar-refractivity contribution in [1.29, 1.82) is 0 Å². The fraction of sp³-hybridized carbons (Fsp3) is 0.379. The number of amides is 2. The average Bonchev–Trinajstić information content (AvgIpc) is 3.34. The van der Waals surface area contributed by atoms with Gasteiger partial charge < -0.3 is 35.0 Å². The Balaban J connectivity index is 1.80. The van der Waals surface area contributed by atoms with E-state index in [9.17, 15) is 29.3 Å². The fourth-order valence-corrected chi connectivity index (χ4v) is 5.13. The SMILES string of the molecule is C=CCCC(=O)N(Cc1ccc(F)cc1)C1C=C(C(=O)NCCO)C2c3cc(CO)cc(OC)c3OC2C1O. The first-order chi connectivity index (χ1) is 18.8. The molecule has 2 aliphatic rings. The Hall–Kier alpha value is -3.73. The Labute approximate surface area is 226 Å². The van der Waals surface area contributed by atoms with Crippen LogP contribution in [0.3, 0.4) is 0 Å². The van der Waals surface area contributed by atoms with Gasteiger partial charge in [0.25, 0.3) is 0 Å². The quantitative estimate of drug-likeness (QED) is 0.321. The maximum absolute atomic E-state index is 13.6. The number of hydrogen-bond acceptors (Lipinski definition) is 7. The van der Waals surface area contributed by atoms with Gasteiger partial charge >= 0.3 is 0 Å². The number of carbonyl (C=O) groups excluding carboxylic acids is 2. The molecule has 10 heteroatoms. The number of nitrogens with zero attached hydrogens (tertiary/aromatic N) is 1. The number of carbonyl (C=O) groups is 2. The predicted octanol–water partition coefficient (Wildman–Crippen LogP) is 1.94. The lowest BCUT2D eigenvalue weighted by atomic mass is 9.77. The fourth-order valence-electron chi connectivity index (χ4n) is 5.13. The molecule has 4 rings (SSSR count). The van der Waals surface area contributed by atoms with Crippen LogP contribution in [0.1, 0.15) is 35.4 Å². The molecular weight excluding hydrogens is 507 g/mol. The van der Waals surface area contributed by atoms with Gasteiger partial charge in [-0.25, -0.2) is 4.39 Å². The second-order valence-electron chi connectivity index (χ2n) is 9.49. The Bertz CT molecular complexity index is 1250. The van der Waals surface area contributed by atoms with Crippen molar-refractivity contribution in [2.24, 2.45) is 0 Å². The summed E-state index contributed by atoms with van der Waals surface area (Å²) in [5.74, 6) is -1.23. The Morgan fingerprint density at radius 2 is 1.95 bits per heavy atom. The first-order valence-corrected chi connectivity index (χ1v) is 12.7. The van der Waals surface area contributed by atoms with Crippen LogP contribution in [0.5, 0.6) is 11.5 Å². The number of hydrogen-bond donors (Lipinski definition) is 4. The van der Waals surface area contributed by atoms with Crippen LogP contribution in [-0.2, 0) is 22.7 Å². The minimum absolute atomic E-state index is 0.00601. The van der Waals surface area contributed by atoms with Crippen molar-refractivity contribution in [3.63, 3.8) is 0 Å². The molecule has 0 spiro atoms. The lowest BCUT2D eigenvalue weighted by Crippen LogP contribution is -2.55. The number of aliphatic hydroxyl groups excluding tert-OH is 3. The van der Waals surface area contributed by atoms with Gasteiger partial charge in [0.15, 0.2) is 11.5 Å². The molecule has 0 saturated heterocycles. The molecule has 0 bridgehead atoms. The lowest BCUT2D eigenvalue weighted by molar-refractivity contribution is -0.138. The third-order valence-electron chi connectivity index (χ3n) is 7.00. The first kappa shape index (κ1) is 28.3. The molecule has 0 saturated carbocycles. The molecule has 2 aromatic carbocycles. The van der Waals surface area contributed by atoms with Crippen LogP contribution in [-0.4, -0.2) is 70.5 Å². The van der Waals surface area contributed by atoms with Gasteiger partial charge in [-0.05, 0) is 47.9 Å². The number of benzene rings is 2. The molecule has 4 N–H and O–H groups in total. The van der Waals surface area contributed by atoms with Crippen LogP contribution in [0.15, 0.2) is 60.7 Å². The van der Waals surface area contributed by atoms with Gasteiger partial charge in [0.2, 0.25) is 11.8 Å². The molecule has 1 aliphatic heterocycles. The van der Waals surface area contributed by atoms with E-state index in [4.69, 9.17) is 9.47 Å². The summed E-state index contributed by atoms with van der Waals surface area (Å²) in [7, 11) is 1.45. The molecule has 0 aromatic heterocycles. The minimum atomic E-state index is -1.24. The monoisotopic (exact) mass is 540 g/mol. The number of ether oxygens (including phenoxy) is 2. The topological polar surface area (TPSA) is 129 Å². The summed E-state index contributed by atoms with van der Waals surface area (Å²) >= 11 is 0. The summed E-state index contributed by atoms with van der Waals surface area (Å²) in [6.07, 6.45) is 1.51. The van der Waals surface area contributed by atoms with Gasteiger partial charge in [-0.3, -0.25) is 9.59 Å². The van der Waals surface area contributed by atoms with Crippen LogP contribution in [0.25, 0.3) is 0 Å². The molecule has 0 fully saturated rings. The number of aliphatic hydroxyl groups is 3. The molecule has 4 atom stereocenters. The number of allylic oxidation sites excluding steroid dienone is 1. The van der Waals surface area contributed by atoms with E-state index in [2.05, 4.69) is 11.9 Å². The zero-order valence-electron chi connectivity index (χ0n) is 21.7. The number of methoxy groups -OCH3 is 1. The molecule has 4 unspecified atom stereocenters. The van der Waals surface area contributed by atoms with Gasteiger partial charge in [0, 0.05) is 30.6 Å². The molecule has 1 heterocycles. The third kappa shape index (κ3) is 5.83. The van der Waals surface area contributed by atoms with Gasteiger partial charge in [0.1, 0.15) is 18.0 Å². The standard InChI is InChI=1S/C29H33FN2O7/c1-3-4-5-24(35)32(15-17-6-8-19(30)9-7-17)22-14-21(29(37)31-10-11-33)25-20-12-18(16-34)13-23(38-2)27(20)39-28(25)26(22)36/h3,6-9,12-14,22,25-26,28,33-34,36H,1,4-5,10-11,15-16H2,2H3,(H,31,37). The van der Waals surface area contributed by atoms with Crippen molar-refractivity contribution in [3.05, 3.63) is 83.2 Å². The molecular formula is C29H33FN2O7. The molecule has 9 nitrogen and oxygen atoms in total. The largest absolute Gasteiger partial charge is 0.493 e. The smallest absolute Gasteiger partial charge is 0.247 e. The van der Waals surface area contributed by atoms with Crippen LogP contribution in [0.4, 0.5) is 4.39 Å². The maximum atomic E-state index is 13.6. The van der Waals surface area contributed by atoms with Crippen LogP contribution >= 0.6 is 0 Å². The number of rotatable bonds is 11. The normalized spacial score (nSPS) is 21.2.